The largest absolute Gasteiger partial charge is 0.497 e. The second-order valence-corrected chi connectivity index (χ2v) is 7.59. The van der Waals surface area contributed by atoms with Gasteiger partial charge in [0.2, 0.25) is 5.91 Å². The van der Waals surface area contributed by atoms with Crippen LogP contribution in [0.3, 0.4) is 0 Å². The van der Waals surface area contributed by atoms with Crippen LogP contribution in [0.1, 0.15) is 0 Å². The monoisotopic (exact) mass is 424 g/mol. The molecule has 164 valence electrons. The van der Waals surface area contributed by atoms with E-state index in [-0.39, 0.29) is 18.5 Å². The molecule has 0 spiro atoms. The van der Waals surface area contributed by atoms with Gasteiger partial charge in [-0.3, -0.25) is 9.69 Å². The number of ether oxygens (including phenoxy) is 2. The number of anilines is 2. The van der Waals surface area contributed by atoms with Gasteiger partial charge in [-0.1, -0.05) is 12.1 Å². The minimum absolute atomic E-state index is 0.00962. The summed E-state index contributed by atoms with van der Waals surface area (Å²) in [7, 11) is 3.24. The number of piperazine rings is 1. The summed E-state index contributed by atoms with van der Waals surface area (Å²) in [4.78, 5) is 33.1. The predicted octanol–water partition coefficient (Wildman–Crippen LogP) is 2.29. The first-order valence-corrected chi connectivity index (χ1v) is 10.5. The van der Waals surface area contributed by atoms with Crippen LogP contribution in [-0.2, 0) is 4.79 Å². The number of carbonyl (C=O) groups is 2. The Morgan fingerprint density at radius 3 is 2.26 bits per heavy atom. The standard InChI is InChI=1S/C23H28N4O4/c1-30-19-9-7-18(8-10-19)24-11-13-25(14-12-24)22(28)17-26-15-16-27(23(26)29)20-5-3-4-6-21(20)31-2/h3-10H,11-17H2,1-2H3. The van der Waals surface area contributed by atoms with E-state index in [4.69, 9.17) is 9.47 Å². The summed E-state index contributed by atoms with van der Waals surface area (Å²) in [5, 5.41) is 0. The summed E-state index contributed by atoms with van der Waals surface area (Å²) in [6.45, 7) is 3.98. The molecule has 0 radical (unpaired) electrons. The van der Waals surface area contributed by atoms with Gasteiger partial charge in [0.1, 0.15) is 18.0 Å². The zero-order valence-corrected chi connectivity index (χ0v) is 18.0. The van der Waals surface area contributed by atoms with Gasteiger partial charge >= 0.3 is 6.03 Å². The van der Waals surface area contributed by atoms with Gasteiger partial charge in [-0.15, -0.1) is 0 Å². The second kappa shape index (κ2) is 9.16. The number of nitrogens with zero attached hydrogens (tertiary/aromatic N) is 4. The van der Waals surface area contributed by atoms with Gasteiger partial charge in [0.05, 0.1) is 19.9 Å². The number of para-hydroxylation sites is 2. The van der Waals surface area contributed by atoms with E-state index >= 15 is 0 Å². The smallest absolute Gasteiger partial charge is 0.325 e. The molecule has 0 bridgehead atoms. The average Bonchev–Trinajstić information content (AvgIpc) is 3.18. The summed E-state index contributed by atoms with van der Waals surface area (Å²) in [5.74, 6) is 1.47. The van der Waals surface area contributed by atoms with E-state index in [1.807, 2.05) is 53.4 Å². The van der Waals surface area contributed by atoms with Crippen LogP contribution in [0, 0.1) is 0 Å². The van der Waals surface area contributed by atoms with Gasteiger partial charge < -0.3 is 24.2 Å². The third-order valence-corrected chi connectivity index (χ3v) is 5.87. The van der Waals surface area contributed by atoms with Crippen molar-refractivity contribution in [1.29, 1.82) is 0 Å². The van der Waals surface area contributed by atoms with E-state index in [0.717, 1.165) is 30.2 Å². The van der Waals surface area contributed by atoms with Gasteiger partial charge in [0.25, 0.3) is 0 Å². The summed E-state index contributed by atoms with van der Waals surface area (Å²) >= 11 is 0. The first kappa shape index (κ1) is 20.8. The molecule has 0 N–H and O–H groups in total. The van der Waals surface area contributed by atoms with Gasteiger partial charge in [-0.25, -0.2) is 4.79 Å². The molecule has 2 aliphatic rings. The lowest BCUT2D eigenvalue weighted by Crippen LogP contribution is -2.51. The van der Waals surface area contributed by atoms with Crippen LogP contribution >= 0.6 is 0 Å². The maximum Gasteiger partial charge on any atom is 0.325 e. The highest BCUT2D eigenvalue weighted by Crippen LogP contribution is 2.30. The first-order chi connectivity index (χ1) is 15.1. The Morgan fingerprint density at radius 1 is 0.871 bits per heavy atom. The Hall–Kier alpha value is -3.42. The van der Waals surface area contributed by atoms with Gasteiger partial charge in [0, 0.05) is 45.0 Å². The number of urea groups is 1. The second-order valence-electron chi connectivity index (χ2n) is 7.59. The van der Waals surface area contributed by atoms with E-state index < -0.39 is 0 Å². The number of methoxy groups -OCH3 is 2. The molecule has 0 unspecified atom stereocenters. The van der Waals surface area contributed by atoms with E-state index in [0.29, 0.717) is 31.9 Å². The molecule has 2 heterocycles. The van der Waals surface area contributed by atoms with Crippen molar-refractivity contribution in [2.45, 2.75) is 0 Å². The Morgan fingerprint density at radius 2 is 1.58 bits per heavy atom. The van der Waals surface area contributed by atoms with Crippen molar-refractivity contribution in [2.75, 3.05) is 69.8 Å². The lowest BCUT2D eigenvalue weighted by atomic mass is 10.2. The van der Waals surface area contributed by atoms with Crippen molar-refractivity contribution in [3.8, 4) is 11.5 Å². The Bertz CT molecular complexity index is 925. The molecule has 0 saturated carbocycles. The molecule has 4 rings (SSSR count). The van der Waals surface area contributed by atoms with Gasteiger partial charge in [0.15, 0.2) is 0 Å². The molecule has 0 aliphatic carbocycles. The van der Waals surface area contributed by atoms with E-state index in [2.05, 4.69) is 4.90 Å². The molecule has 2 aliphatic heterocycles. The van der Waals surface area contributed by atoms with Crippen LogP contribution in [0.4, 0.5) is 16.2 Å². The highest BCUT2D eigenvalue weighted by Gasteiger charge is 2.33. The molecular formula is C23H28N4O4. The lowest BCUT2D eigenvalue weighted by molar-refractivity contribution is -0.131. The van der Waals surface area contributed by atoms with Crippen molar-refractivity contribution in [3.05, 3.63) is 48.5 Å². The molecule has 2 aromatic rings. The number of rotatable bonds is 6. The zero-order valence-electron chi connectivity index (χ0n) is 18.0. The van der Waals surface area contributed by atoms with E-state index in [1.165, 1.54) is 0 Å². The number of benzene rings is 2. The highest BCUT2D eigenvalue weighted by atomic mass is 16.5. The molecular weight excluding hydrogens is 396 g/mol. The third-order valence-electron chi connectivity index (χ3n) is 5.87. The fourth-order valence-corrected chi connectivity index (χ4v) is 4.08. The third kappa shape index (κ3) is 4.38. The van der Waals surface area contributed by atoms with Crippen LogP contribution in [0.15, 0.2) is 48.5 Å². The van der Waals surface area contributed by atoms with Crippen molar-refractivity contribution in [1.82, 2.24) is 9.80 Å². The highest BCUT2D eigenvalue weighted by molar-refractivity contribution is 5.97. The maximum atomic E-state index is 12.9. The number of carbonyl (C=O) groups excluding carboxylic acids is 2. The van der Waals surface area contributed by atoms with Crippen molar-refractivity contribution in [2.24, 2.45) is 0 Å². The van der Waals surface area contributed by atoms with Crippen molar-refractivity contribution < 1.29 is 19.1 Å². The number of hydrogen-bond donors (Lipinski definition) is 0. The van der Waals surface area contributed by atoms with Crippen LogP contribution < -0.4 is 19.3 Å². The molecule has 0 atom stereocenters. The fraction of sp³-hybridized carbons (Fsp3) is 0.391. The topological polar surface area (TPSA) is 65.6 Å². The SMILES string of the molecule is COc1ccc(N2CCN(C(=O)CN3CCN(c4ccccc4OC)C3=O)CC2)cc1. The first-order valence-electron chi connectivity index (χ1n) is 10.5. The molecule has 2 saturated heterocycles. The van der Waals surface area contributed by atoms with Crippen LogP contribution in [0.25, 0.3) is 0 Å². The minimum Gasteiger partial charge on any atom is -0.497 e. The van der Waals surface area contributed by atoms with Gasteiger partial charge in [-0.05, 0) is 36.4 Å². The van der Waals surface area contributed by atoms with Crippen LogP contribution in [0.5, 0.6) is 11.5 Å². The molecule has 3 amide bonds. The van der Waals surface area contributed by atoms with Crippen molar-refractivity contribution in [3.63, 3.8) is 0 Å². The maximum absolute atomic E-state index is 12.9. The van der Waals surface area contributed by atoms with E-state index in [9.17, 15) is 9.59 Å². The summed E-state index contributed by atoms with van der Waals surface area (Å²) < 4.78 is 10.6. The minimum atomic E-state index is -0.158. The Kier molecular flexibility index (Phi) is 6.16. The fourth-order valence-electron chi connectivity index (χ4n) is 4.08. The van der Waals surface area contributed by atoms with Crippen LogP contribution in [-0.4, -0.2) is 81.8 Å². The molecule has 0 aromatic heterocycles. The summed E-state index contributed by atoms with van der Waals surface area (Å²) in [5.41, 5.74) is 1.85. The number of amides is 3. The van der Waals surface area contributed by atoms with Crippen LogP contribution in [0.2, 0.25) is 0 Å². The molecule has 8 heteroatoms. The normalized spacial score (nSPS) is 16.6. The van der Waals surface area contributed by atoms with Crippen molar-refractivity contribution >= 4 is 23.3 Å². The molecule has 2 aromatic carbocycles. The van der Waals surface area contributed by atoms with E-state index in [1.54, 1.807) is 24.0 Å². The quantitative estimate of drug-likeness (QED) is 0.712. The molecule has 2 fully saturated rings. The molecule has 8 nitrogen and oxygen atoms in total. The molecule has 31 heavy (non-hydrogen) atoms. The Labute approximate surface area is 182 Å². The lowest BCUT2D eigenvalue weighted by Gasteiger charge is -2.36. The Balaban J connectivity index is 1.31. The summed E-state index contributed by atoms with van der Waals surface area (Å²) in [6.07, 6.45) is 0. The van der Waals surface area contributed by atoms with Gasteiger partial charge in [-0.2, -0.15) is 0 Å². The zero-order chi connectivity index (χ0) is 21.8. The average molecular weight is 425 g/mol. The predicted molar refractivity (Wildman–Crippen MR) is 119 cm³/mol. The summed E-state index contributed by atoms with van der Waals surface area (Å²) in [6, 6.07) is 15.2. The number of hydrogen-bond acceptors (Lipinski definition) is 5.